The van der Waals surface area contributed by atoms with Crippen molar-refractivity contribution in [1.82, 2.24) is 5.32 Å². The molecule has 0 aliphatic carbocycles. The lowest BCUT2D eigenvalue weighted by molar-refractivity contribution is 0.600. The maximum atomic E-state index is 12.5. The number of sulfonamides is 1. The van der Waals surface area contributed by atoms with Crippen molar-refractivity contribution in [2.45, 2.75) is 18.4 Å². The zero-order valence-corrected chi connectivity index (χ0v) is 14.3. The van der Waals surface area contributed by atoms with E-state index in [4.69, 9.17) is 0 Å². The van der Waals surface area contributed by atoms with E-state index in [1.807, 2.05) is 18.5 Å². The molecule has 0 fully saturated rings. The minimum Gasteiger partial charge on any atom is -0.316 e. The van der Waals surface area contributed by atoms with Crippen LogP contribution in [0.25, 0.3) is 0 Å². The molecule has 0 radical (unpaired) electrons. The first-order chi connectivity index (χ1) is 9.44. The van der Waals surface area contributed by atoms with Crippen LogP contribution in [0.15, 0.2) is 38.3 Å². The van der Waals surface area contributed by atoms with Gasteiger partial charge in [-0.25, -0.2) is 8.42 Å². The smallest absolute Gasteiger partial charge is 0.262 e. The van der Waals surface area contributed by atoms with Gasteiger partial charge in [-0.3, -0.25) is 4.72 Å². The first-order valence-electron chi connectivity index (χ1n) is 5.92. The van der Waals surface area contributed by atoms with Crippen LogP contribution in [0.4, 0.5) is 5.69 Å². The van der Waals surface area contributed by atoms with Crippen LogP contribution in [-0.4, -0.2) is 15.5 Å². The van der Waals surface area contributed by atoms with Gasteiger partial charge in [-0.15, -0.1) is 0 Å². The normalized spacial score (nSPS) is 11.6. The Kier molecular flexibility index (Phi) is 4.85. The largest absolute Gasteiger partial charge is 0.316 e. The number of anilines is 1. The molecule has 2 aromatic rings. The van der Waals surface area contributed by atoms with Crippen molar-refractivity contribution in [2.75, 3.05) is 11.8 Å². The summed E-state index contributed by atoms with van der Waals surface area (Å²) in [4.78, 5) is 0.295. The van der Waals surface area contributed by atoms with Crippen LogP contribution in [-0.2, 0) is 16.6 Å². The third-order valence-corrected chi connectivity index (χ3v) is 5.81. The summed E-state index contributed by atoms with van der Waals surface area (Å²) in [5.41, 5.74) is 2.20. The Hall–Kier alpha value is -0.890. The van der Waals surface area contributed by atoms with Gasteiger partial charge in [0, 0.05) is 16.4 Å². The van der Waals surface area contributed by atoms with Crippen molar-refractivity contribution < 1.29 is 8.42 Å². The number of halogens is 1. The Morgan fingerprint density at radius 2 is 2.10 bits per heavy atom. The van der Waals surface area contributed by atoms with Crippen molar-refractivity contribution in [1.29, 1.82) is 0 Å². The summed E-state index contributed by atoms with van der Waals surface area (Å²) < 4.78 is 28.3. The molecule has 108 valence electrons. The molecule has 1 aromatic carbocycles. The van der Waals surface area contributed by atoms with Gasteiger partial charge < -0.3 is 5.32 Å². The number of benzene rings is 1. The lowest BCUT2D eigenvalue weighted by atomic mass is 10.1. The Labute approximate surface area is 131 Å². The van der Waals surface area contributed by atoms with E-state index in [1.54, 1.807) is 24.4 Å². The van der Waals surface area contributed by atoms with Crippen molar-refractivity contribution in [3.8, 4) is 0 Å². The zero-order valence-electron chi connectivity index (χ0n) is 11.1. The van der Waals surface area contributed by atoms with Gasteiger partial charge in [0.25, 0.3) is 10.0 Å². The molecular weight excluding hydrogens is 360 g/mol. The molecule has 2 N–H and O–H groups in total. The highest BCUT2D eigenvalue weighted by atomic mass is 79.9. The van der Waals surface area contributed by atoms with E-state index in [2.05, 4.69) is 26.0 Å². The van der Waals surface area contributed by atoms with Crippen LogP contribution in [0.2, 0.25) is 0 Å². The molecule has 0 bridgehead atoms. The molecule has 0 saturated heterocycles. The Morgan fingerprint density at radius 1 is 1.35 bits per heavy atom. The van der Waals surface area contributed by atoms with Crippen molar-refractivity contribution >= 4 is 43.0 Å². The minimum absolute atomic E-state index is 0.295. The highest BCUT2D eigenvalue weighted by molar-refractivity contribution is 9.10. The van der Waals surface area contributed by atoms with Crippen LogP contribution in [0, 0.1) is 6.92 Å². The third kappa shape index (κ3) is 3.41. The van der Waals surface area contributed by atoms with Crippen LogP contribution in [0.3, 0.4) is 0 Å². The van der Waals surface area contributed by atoms with E-state index in [0.717, 1.165) is 10.0 Å². The third-order valence-electron chi connectivity index (χ3n) is 2.80. The number of hydrogen-bond donors (Lipinski definition) is 2. The maximum Gasteiger partial charge on any atom is 0.262 e. The number of thiophene rings is 1. The quantitative estimate of drug-likeness (QED) is 0.843. The standard InChI is InChI=1S/C13H15BrN2O2S2/c1-9-12(14)5-10(7-15-2)6-13(9)20(17,18)16-11-3-4-19-8-11/h3-6,8,15-16H,7H2,1-2H3. The molecule has 0 saturated carbocycles. The van der Waals surface area contributed by atoms with Gasteiger partial charge in [0.15, 0.2) is 0 Å². The van der Waals surface area contributed by atoms with Gasteiger partial charge in [0.2, 0.25) is 0 Å². The molecule has 4 nitrogen and oxygen atoms in total. The molecule has 0 spiro atoms. The van der Waals surface area contributed by atoms with Crippen LogP contribution >= 0.6 is 27.3 Å². The van der Waals surface area contributed by atoms with E-state index < -0.39 is 10.0 Å². The fourth-order valence-corrected chi connectivity index (χ4v) is 4.49. The Bertz CT molecular complexity index is 697. The minimum atomic E-state index is -3.58. The number of rotatable bonds is 5. The molecule has 0 unspecified atom stereocenters. The summed E-state index contributed by atoms with van der Waals surface area (Å²) in [6.45, 7) is 2.40. The summed E-state index contributed by atoms with van der Waals surface area (Å²) in [6.07, 6.45) is 0. The fraction of sp³-hybridized carbons (Fsp3) is 0.231. The maximum absolute atomic E-state index is 12.5. The summed E-state index contributed by atoms with van der Waals surface area (Å²) in [7, 11) is -1.75. The molecule has 0 amide bonds. The molecular formula is C13H15BrN2O2S2. The molecule has 20 heavy (non-hydrogen) atoms. The molecule has 1 heterocycles. The molecule has 1 aromatic heterocycles. The van der Waals surface area contributed by atoms with Gasteiger partial charge in [-0.1, -0.05) is 15.9 Å². The van der Waals surface area contributed by atoms with Crippen molar-refractivity contribution in [3.05, 3.63) is 44.6 Å². The predicted molar refractivity (Wildman–Crippen MR) is 86.8 cm³/mol. The molecule has 2 rings (SSSR count). The van der Waals surface area contributed by atoms with E-state index in [0.29, 0.717) is 22.7 Å². The van der Waals surface area contributed by atoms with E-state index >= 15 is 0 Å². The van der Waals surface area contributed by atoms with Gasteiger partial charge in [-0.2, -0.15) is 11.3 Å². The monoisotopic (exact) mass is 374 g/mol. The Morgan fingerprint density at radius 3 is 2.70 bits per heavy atom. The zero-order chi connectivity index (χ0) is 14.8. The number of nitrogens with one attached hydrogen (secondary N) is 2. The van der Waals surface area contributed by atoms with E-state index in [1.165, 1.54) is 11.3 Å². The lowest BCUT2D eigenvalue weighted by Crippen LogP contribution is -2.15. The van der Waals surface area contributed by atoms with E-state index in [-0.39, 0.29) is 0 Å². The van der Waals surface area contributed by atoms with Gasteiger partial charge in [0.05, 0.1) is 10.6 Å². The number of hydrogen-bond acceptors (Lipinski definition) is 4. The predicted octanol–water partition coefficient (Wildman–Crippen LogP) is 3.34. The fourth-order valence-electron chi connectivity index (χ4n) is 1.82. The molecule has 7 heteroatoms. The summed E-state index contributed by atoms with van der Waals surface area (Å²) >= 11 is 4.87. The molecule has 0 atom stereocenters. The average Bonchev–Trinajstić information content (AvgIpc) is 2.85. The Balaban J connectivity index is 2.44. The van der Waals surface area contributed by atoms with Crippen LogP contribution in [0.5, 0.6) is 0 Å². The SMILES string of the molecule is CNCc1cc(Br)c(C)c(S(=O)(=O)Nc2ccsc2)c1. The van der Waals surface area contributed by atoms with Crippen LogP contribution < -0.4 is 10.0 Å². The molecule has 0 aliphatic heterocycles. The second-order valence-corrected chi connectivity index (χ2v) is 7.63. The lowest BCUT2D eigenvalue weighted by Gasteiger charge is -2.13. The van der Waals surface area contributed by atoms with E-state index in [9.17, 15) is 8.42 Å². The first kappa shape index (κ1) is 15.5. The van der Waals surface area contributed by atoms with Gasteiger partial charge in [-0.05, 0) is 48.7 Å². The topological polar surface area (TPSA) is 58.2 Å². The second-order valence-electron chi connectivity index (χ2n) is 4.35. The highest BCUT2D eigenvalue weighted by Gasteiger charge is 2.19. The second kappa shape index (κ2) is 6.26. The van der Waals surface area contributed by atoms with Gasteiger partial charge >= 0.3 is 0 Å². The van der Waals surface area contributed by atoms with Crippen molar-refractivity contribution in [3.63, 3.8) is 0 Å². The van der Waals surface area contributed by atoms with Gasteiger partial charge in [0.1, 0.15) is 0 Å². The summed E-state index contributed by atoms with van der Waals surface area (Å²) in [5, 5.41) is 6.62. The van der Waals surface area contributed by atoms with Crippen molar-refractivity contribution in [2.24, 2.45) is 0 Å². The average molecular weight is 375 g/mol. The summed E-state index contributed by atoms with van der Waals surface area (Å²) in [5.74, 6) is 0. The summed E-state index contributed by atoms with van der Waals surface area (Å²) in [6, 6.07) is 5.37. The van der Waals surface area contributed by atoms with Crippen LogP contribution in [0.1, 0.15) is 11.1 Å². The highest BCUT2D eigenvalue weighted by Crippen LogP contribution is 2.27. The first-order valence-corrected chi connectivity index (χ1v) is 9.14. The molecule has 0 aliphatic rings.